The SMILES string of the molecule is C[C@H]1[C@H](C(=O)O)NC(=O)c2csc[n+]21. The van der Waals surface area contributed by atoms with Crippen molar-refractivity contribution in [3.8, 4) is 0 Å². The fourth-order valence-corrected chi connectivity index (χ4v) is 2.38. The van der Waals surface area contributed by atoms with E-state index in [9.17, 15) is 9.59 Å². The molecule has 0 bridgehead atoms. The van der Waals surface area contributed by atoms with Gasteiger partial charge in [-0.25, -0.2) is 4.79 Å². The maximum atomic E-state index is 11.4. The first kappa shape index (κ1) is 9.14. The number of carboxylic acid groups (broad SMARTS) is 1. The second kappa shape index (κ2) is 3.06. The Kier molecular flexibility index (Phi) is 1.99. The summed E-state index contributed by atoms with van der Waals surface area (Å²) in [7, 11) is 0. The van der Waals surface area contributed by atoms with Crippen LogP contribution in [-0.4, -0.2) is 23.0 Å². The van der Waals surface area contributed by atoms with Crippen molar-refractivity contribution in [3.05, 3.63) is 16.6 Å². The number of thiazole rings is 1. The van der Waals surface area contributed by atoms with Crippen LogP contribution in [0.4, 0.5) is 0 Å². The van der Waals surface area contributed by atoms with Gasteiger partial charge in [-0.2, -0.15) is 4.57 Å². The van der Waals surface area contributed by atoms with E-state index < -0.39 is 12.0 Å². The molecule has 2 rings (SSSR count). The van der Waals surface area contributed by atoms with E-state index in [1.807, 2.05) is 0 Å². The largest absolute Gasteiger partial charge is 0.480 e. The Hall–Kier alpha value is -1.43. The zero-order valence-corrected chi connectivity index (χ0v) is 8.25. The first-order valence-electron chi connectivity index (χ1n) is 4.12. The predicted molar refractivity (Wildman–Crippen MR) is 48.1 cm³/mol. The van der Waals surface area contributed by atoms with Crippen molar-refractivity contribution in [1.82, 2.24) is 5.32 Å². The first-order chi connectivity index (χ1) is 6.61. The molecule has 2 N–H and O–H groups in total. The minimum atomic E-state index is -1.00. The molecule has 0 aliphatic carbocycles. The molecule has 0 saturated carbocycles. The highest BCUT2D eigenvalue weighted by Gasteiger charge is 2.42. The fourth-order valence-electron chi connectivity index (χ4n) is 1.53. The Labute approximate surface area is 84.0 Å². The third kappa shape index (κ3) is 1.19. The van der Waals surface area contributed by atoms with E-state index >= 15 is 0 Å². The van der Waals surface area contributed by atoms with Crippen LogP contribution in [-0.2, 0) is 4.79 Å². The number of aromatic nitrogens is 1. The summed E-state index contributed by atoms with van der Waals surface area (Å²) < 4.78 is 1.70. The van der Waals surface area contributed by atoms with Gasteiger partial charge in [0, 0.05) is 6.92 Å². The van der Waals surface area contributed by atoms with Crippen LogP contribution in [0, 0.1) is 0 Å². The van der Waals surface area contributed by atoms with E-state index in [4.69, 9.17) is 5.11 Å². The summed E-state index contributed by atoms with van der Waals surface area (Å²) in [4.78, 5) is 22.2. The summed E-state index contributed by atoms with van der Waals surface area (Å²) in [6, 6.07) is -1.08. The third-order valence-electron chi connectivity index (χ3n) is 2.34. The van der Waals surface area contributed by atoms with Gasteiger partial charge in [0.15, 0.2) is 12.1 Å². The van der Waals surface area contributed by atoms with Gasteiger partial charge in [-0.15, -0.1) is 0 Å². The highest BCUT2D eigenvalue weighted by molar-refractivity contribution is 7.07. The second-order valence-corrected chi connectivity index (χ2v) is 3.90. The van der Waals surface area contributed by atoms with Crippen LogP contribution in [0.1, 0.15) is 23.5 Å². The fraction of sp³-hybridized carbons (Fsp3) is 0.375. The first-order valence-corrected chi connectivity index (χ1v) is 5.06. The van der Waals surface area contributed by atoms with Gasteiger partial charge >= 0.3 is 11.9 Å². The van der Waals surface area contributed by atoms with Gasteiger partial charge in [0.2, 0.25) is 5.51 Å². The highest BCUT2D eigenvalue weighted by atomic mass is 32.1. The van der Waals surface area contributed by atoms with Crippen molar-refractivity contribution in [3.63, 3.8) is 0 Å². The molecule has 14 heavy (non-hydrogen) atoms. The zero-order valence-electron chi connectivity index (χ0n) is 7.43. The maximum Gasteiger partial charge on any atom is 0.333 e. The van der Waals surface area contributed by atoms with Gasteiger partial charge in [0.1, 0.15) is 0 Å². The van der Waals surface area contributed by atoms with E-state index in [-0.39, 0.29) is 11.9 Å². The number of carbonyl (C=O) groups excluding carboxylic acids is 1. The molecule has 5 nitrogen and oxygen atoms in total. The number of hydrogen-bond acceptors (Lipinski definition) is 3. The molecule has 1 aromatic heterocycles. The molecule has 1 aliphatic heterocycles. The minimum Gasteiger partial charge on any atom is -0.480 e. The lowest BCUT2D eigenvalue weighted by molar-refractivity contribution is -0.721. The average molecular weight is 213 g/mol. The molecule has 1 amide bonds. The van der Waals surface area contributed by atoms with Crippen molar-refractivity contribution in [1.29, 1.82) is 0 Å². The van der Waals surface area contributed by atoms with Crippen LogP contribution in [0.2, 0.25) is 0 Å². The molecule has 0 unspecified atom stereocenters. The predicted octanol–water partition coefficient (Wildman–Crippen LogP) is -0.207. The maximum absolute atomic E-state index is 11.4. The molecule has 1 aromatic rings. The summed E-state index contributed by atoms with van der Waals surface area (Å²) in [5.74, 6) is -1.33. The van der Waals surface area contributed by atoms with Crippen molar-refractivity contribution in [2.45, 2.75) is 19.0 Å². The molecule has 0 radical (unpaired) electrons. The smallest absolute Gasteiger partial charge is 0.333 e. The standard InChI is InChI=1S/C8H8N2O3S/c1-4-6(8(12)13)9-7(11)5-2-14-3-10(4)5/h2-4,6H,1H3,(H-,9,11,12,13)/p+1/t4-,6+/m0/s1. The number of carbonyl (C=O) groups is 2. The molecular formula is C8H9N2O3S+. The Morgan fingerprint density at radius 2 is 2.43 bits per heavy atom. The van der Waals surface area contributed by atoms with Crippen LogP contribution in [0.25, 0.3) is 0 Å². The van der Waals surface area contributed by atoms with Gasteiger partial charge in [-0.1, -0.05) is 11.3 Å². The van der Waals surface area contributed by atoms with Crippen LogP contribution in [0.3, 0.4) is 0 Å². The van der Waals surface area contributed by atoms with Crippen molar-refractivity contribution in [2.24, 2.45) is 0 Å². The molecule has 74 valence electrons. The van der Waals surface area contributed by atoms with Crippen LogP contribution in [0.15, 0.2) is 10.9 Å². The summed E-state index contributed by atoms with van der Waals surface area (Å²) in [6.45, 7) is 1.77. The van der Waals surface area contributed by atoms with E-state index in [0.29, 0.717) is 5.69 Å². The third-order valence-corrected chi connectivity index (χ3v) is 3.05. The number of aliphatic carboxylic acids is 1. The average Bonchev–Trinajstić information content (AvgIpc) is 2.59. The summed E-state index contributed by atoms with van der Waals surface area (Å²) >= 11 is 1.39. The van der Waals surface area contributed by atoms with Crippen molar-refractivity contribution in [2.75, 3.05) is 0 Å². The molecule has 0 saturated heterocycles. The van der Waals surface area contributed by atoms with Gasteiger partial charge in [0.25, 0.3) is 5.69 Å². The van der Waals surface area contributed by atoms with Crippen molar-refractivity contribution >= 4 is 23.2 Å². The zero-order chi connectivity index (χ0) is 10.3. The van der Waals surface area contributed by atoms with E-state index in [1.54, 1.807) is 22.4 Å². The number of carboxylic acids is 1. The lowest BCUT2D eigenvalue weighted by Gasteiger charge is -2.21. The van der Waals surface area contributed by atoms with Crippen LogP contribution in [0.5, 0.6) is 0 Å². The lowest BCUT2D eigenvalue weighted by Crippen LogP contribution is -2.61. The van der Waals surface area contributed by atoms with Crippen LogP contribution < -0.4 is 9.88 Å². The highest BCUT2D eigenvalue weighted by Crippen LogP contribution is 2.14. The normalized spacial score (nSPS) is 25.4. The monoisotopic (exact) mass is 213 g/mol. The molecule has 2 atom stereocenters. The lowest BCUT2D eigenvalue weighted by atomic mass is 10.1. The summed E-state index contributed by atoms with van der Waals surface area (Å²) in [5, 5.41) is 13.0. The van der Waals surface area contributed by atoms with Gasteiger partial charge < -0.3 is 10.4 Å². The topological polar surface area (TPSA) is 70.3 Å². The number of rotatable bonds is 1. The minimum absolute atomic E-state index is 0.244. The number of nitrogens with one attached hydrogen (secondary N) is 1. The number of fused-ring (bicyclic) bond motifs is 1. The summed E-state index contributed by atoms with van der Waals surface area (Å²) in [5.41, 5.74) is 2.29. The number of hydrogen-bond donors (Lipinski definition) is 2. The van der Waals surface area contributed by atoms with Crippen LogP contribution >= 0.6 is 11.3 Å². The molecule has 2 heterocycles. The van der Waals surface area contributed by atoms with E-state index in [0.717, 1.165) is 0 Å². The van der Waals surface area contributed by atoms with Crippen molar-refractivity contribution < 1.29 is 19.3 Å². The van der Waals surface area contributed by atoms with Gasteiger partial charge in [-0.3, -0.25) is 4.79 Å². The Bertz CT molecular complexity index is 401. The van der Waals surface area contributed by atoms with Gasteiger partial charge in [-0.05, 0) is 0 Å². The molecule has 0 fully saturated rings. The molecule has 1 aliphatic rings. The summed E-state index contributed by atoms with van der Waals surface area (Å²) in [6.07, 6.45) is 0. The molecule has 0 spiro atoms. The number of amides is 1. The Morgan fingerprint density at radius 1 is 1.71 bits per heavy atom. The number of nitrogens with zero attached hydrogens (tertiary/aromatic N) is 1. The van der Waals surface area contributed by atoms with Gasteiger partial charge in [0.05, 0.1) is 5.38 Å². The molecule has 6 heteroatoms. The van der Waals surface area contributed by atoms with E-state index in [1.165, 1.54) is 11.3 Å². The Morgan fingerprint density at radius 3 is 3.07 bits per heavy atom. The molecule has 0 aromatic carbocycles. The molecular weight excluding hydrogens is 204 g/mol. The second-order valence-electron chi connectivity index (χ2n) is 3.18. The Balaban J connectivity index is 2.44. The quantitative estimate of drug-likeness (QED) is 0.634. The van der Waals surface area contributed by atoms with E-state index in [2.05, 4.69) is 5.32 Å².